The molecule has 1 fully saturated rings. The Labute approximate surface area is 115 Å². The first-order chi connectivity index (χ1) is 9.22. The van der Waals surface area contributed by atoms with E-state index in [2.05, 4.69) is 22.3 Å². The molecule has 1 aliphatic heterocycles. The lowest BCUT2D eigenvalue weighted by Gasteiger charge is -2.28. The summed E-state index contributed by atoms with van der Waals surface area (Å²) in [6.07, 6.45) is 1.04. The molecule has 1 aliphatic rings. The number of hydrogen-bond donors (Lipinski definition) is 1. The van der Waals surface area contributed by atoms with E-state index < -0.39 is 0 Å². The number of amides is 1. The first-order valence-electron chi connectivity index (χ1n) is 6.90. The molecule has 4 nitrogen and oxygen atoms in total. The SMILES string of the molecule is CNCC1C(=O)N(Cc2ccccc2)CCCN1C. The number of nitrogens with one attached hydrogen (secondary N) is 1. The quantitative estimate of drug-likeness (QED) is 0.876. The van der Waals surface area contributed by atoms with Gasteiger partial charge in [0.1, 0.15) is 6.04 Å². The molecular formula is C15H23N3O. The van der Waals surface area contributed by atoms with Crippen molar-refractivity contribution in [2.75, 3.05) is 33.7 Å². The molecule has 0 bridgehead atoms. The number of nitrogens with zero attached hydrogens (tertiary/aromatic N) is 2. The Morgan fingerprint density at radius 3 is 2.68 bits per heavy atom. The number of rotatable bonds is 4. The summed E-state index contributed by atoms with van der Waals surface area (Å²) >= 11 is 0. The second-order valence-electron chi connectivity index (χ2n) is 5.15. The van der Waals surface area contributed by atoms with E-state index in [0.29, 0.717) is 13.1 Å². The number of carbonyl (C=O) groups excluding carboxylic acids is 1. The molecule has 4 heteroatoms. The van der Waals surface area contributed by atoms with Crippen molar-refractivity contribution in [2.24, 2.45) is 0 Å². The van der Waals surface area contributed by atoms with Crippen LogP contribution >= 0.6 is 0 Å². The molecule has 0 saturated carbocycles. The molecule has 1 aromatic carbocycles. The molecule has 1 saturated heterocycles. The van der Waals surface area contributed by atoms with Crippen LogP contribution in [0.2, 0.25) is 0 Å². The van der Waals surface area contributed by atoms with Crippen molar-refractivity contribution in [3.63, 3.8) is 0 Å². The first kappa shape index (κ1) is 14.0. The highest BCUT2D eigenvalue weighted by Crippen LogP contribution is 2.13. The molecular weight excluding hydrogens is 238 g/mol. The third kappa shape index (κ3) is 3.55. The fourth-order valence-electron chi connectivity index (χ4n) is 2.57. The first-order valence-corrected chi connectivity index (χ1v) is 6.90. The lowest BCUT2D eigenvalue weighted by molar-refractivity contribution is -0.135. The lowest BCUT2D eigenvalue weighted by Crippen LogP contribution is -2.48. The molecule has 0 aliphatic carbocycles. The Bertz CT molecular complexity index is 407. The van der Waals surface area contributed by atoms with Crippen molar-refractivity contribution in [3.05, 3.63) is 35.9 Å². The van der Waals surface area contributed by atoms with Gasteiger partial charge in [-0.3, -0.25) is 9.69 Å². The molecule has 104 valence electrons. The zero-order valence-corrected chi connectivity index (χ0v) is 11.8. The lowest BCUT2D eigenvalue weighted by atomic mass is 10.2. The molecule has 1 amide bonds. The molecule has 1 heterocycles. The molecule has 0 radical (unpaired) electrons. The van der Waals surface area contributed by atoms with E-state index in [1.807, 2.05) is 37.2 Å². The standard InChI is InChI=1S/C15H23N3O/c1-16-11-14-15(19)18(10-6-9-17(14)2)12-13-7-4-3-5-8-13/h3-5,7-8,14,16H,6,9-12H2,1-2H3. The van der Waals surface area contributed by atoms with Gasteiger partial charge in [0.15, 0.2) is 0 Å². The molecule has 19 heavy (non-hydrogen) atoms. The van der Waals surface area contributed by atoms with Gasteiger partial charge in [0.25, 0.3) is 0 Å². The predicted octanol–water partition coefficient (Wildman–Crippen LogP) is 0.939. The zero-order valence-electron chi connectivity index (χ0n) is 11.8. The molecule has 1 atom stereocenters. The van der Waals surface area contributed by atoms with Gasteiger partial charge in [-0.25, -0.2) is 0 Å². The topological polar surface area (TPSA) is 35.6 Å². The second-order valence-corrected chi connectivity index (χ2v) is 5.15. The van der Waals surface area contributed by atoms with Crippen LogP contribution in [0.4, 0.5) is 0 Å². The Kier molecular flexibility index (Phi) is 4.93. The number of likely N-dealkylation sites (N-methyl/N-ethyl adjacent to an activating group) is 2. The molecule has 1 aromatic rings. The summed E-state index contributed by atoms with van der Waals surface area (Å²) < 4.78 is 0. The summed E-state index contributed by atoms with van der Waals surface area (Å²) in [4.78, 5) is 16.7. The van der Waals surface area contributed by atoms with Crippen LogP contribution in [-0.4, -0.2) is 55.5 Å². The largest absolute Gasteiger partial charge is 0.337 e. The molecule has 0 spiro atoms. The maximum absolute atomic E-state index is 12.6. The van der Waals surface area contributed by atoms with Crippen LogP contribution in [0.3, 0.4) is 0 Å². The van der Waals surface area contributed by atoms with Crippen molar-refractivity contribution < 1.29 is 4.79 Å². The molecule has 2 rings (SSSR count). The van der Waals surface area contributed by atoms with E-state index in [4.69, 9.17) is 0 Å². The fourth-order valence-corrected chi connectivity index (χ4v) is 2.57. The molecule has 1 unspecified atom stereocenters. The van der Waals surface area contributed by atoms with Gasteiger partial charge in [0.2, 0.25) is 5.91 Å². The van der Waals surface area contributed by atoms with Gasteiger partial charge in [-0.2, -0.15) is 0 Å². The highest BCUT2D eigenvalue weighted by molar-refractivity contribution is 5.82. The van der Waals surface area contributed by atoms with Crippen LogP contribution in [-0.2, 0) is 11.3 Å². The molecule has 0 aromatic heterocycles. The third-order valence-corrected chi connectivity index (χ3v) is 3.68. The third-order valence-electron chi connectivity index (χ3n) is 3.68. The minimum absolute atomic E-state index is 0.0452. The highest BCUT2D eigenvalue weighted by Gasteiger charge is 2.29. The fraction of sp³-hybridized carbons (Fsp3) is 0.533. The van der Waals surface area contributed by atoms with E-state index in [-0.39, 0.29) is 11.9 Å². The van der Waals surface area contributed by atoms with Crippen LogP contribution in [0.5, 0.6) is 0 Å². The summed E-state index contributed by atoms with van der Waals surface area (Å²) in [5.74, 6) is 0.234. The van der Waals surface area contributed by atoms with Gasteiger partial charge in [-0.1, -0.05) is 30.3 Å². The van der Waals surface area contributed by atoms with Crippen molar-refractivity contribution in [2.45, 2.75) is 19.0 Å². The highest BCUT2D eigenvalue weighted by atomic mass is 16.2. The van der Waals surface area contributed by atoms with E-state index >= 15 is 0 Å². The van der Waals surface area contributed by atoms with Gasteiger partial charge in [0.05, 0.1) is 0 Å². The van der Waals surface area contributed by atoms with Crippen LogP contribution in [0.1, 0.15) is 12.0 Å². The van der Waals surface area contributed by atoms with E-state index in [0.717, 1.165) is 19.5 Å². The van der Waals surface area contributed by atoms with Gasteiger partial charge < -0.3 is 10.2 Å². The summed E-state index contributed by atoms with van der Waals surface area (Å²) in [7, 11) is 3.93. The van der Waals surface area contributed by atoms with Crippen molar-refractivity contribution >= 4 is 5.91 Å². The Balaban J connectivity index is 2.09. The van der Waals surface area contributed by atoms with Gasteiger partial charge in [-0.15, -0.1) is 0 Å². The van der Waals surface area contributed by atoms with E-state index in [9.17, 15) is 4.79 Å². The second kappa shape index (κ2) is 6.68. The van der Waals surface area contributed by atoms with Crippen molar-refractivity contribution in [1.29, 1.82) is 0 Å². The van der Waals surface area contributed by atoms with Crippen LogP contribution in [0.15, 0.2) is 30.3 Å². The summed E-state index contributed by atoms with van der Waals surface area (Å²) in [6, 6.07) is 10.2. The monoisotopic (exact) mass is 261 g/mol. The Hall–Kier alpha value is -1.39. The number of carbonyl (C=O) groups is 1. The average Bonchev–Trinajstić information content (AvgIpc) is 2.55. The van der Waals surface area contributed by atoms with Gasteiger partial charge >= 0.3 is 0 Å². The smallest absolute Gasteiger partial charge is 0.241 e. The van der Waals surface area contributed by atoms with Gasteiger partial charge in [0, 0.05) is 26.2 Å². The minimum atomic E-state index is -0.0452. The maximum Gasteiger partial charge on any atom is 0.241 e. The summed E-state index contributed by atoms with van der Waals surface area (Å²) in [5.41, 5.74) is 1.20. The van der Waals surface area contributed by atoms with Crippen LogP contribution in [0, 0.1) is 0 Å². The van der Waals surface area contributed by atoms with Gasteiger partial charge in [-0.05, 0) is 26.1 Å². The Morgan fingerprint density at radius 1 is 1.26 bits per heavy atom. The van der Waals surface area contributed by atoms with Crippen molar-refractivity contribution in [1.82, 2.24) is 15.1 Å². The zero-order chi connectivity index (χ0) is 13.7. The van der Waals surface area contributed by atoms with E-state index in [1.165, 1.54) is 5.56 Å². The maximum atomic E-state index is 12.6. The predicted molar refractivity (Wildman–Crippen MR) is 76.8 cm³/mol. The number of benzene rings is 1. The molecule has 1 N–H and O–H groups in total. The normalized spacial score (nSPS) is 21.5. The van der Waals surface area contributed by atoms with Crippen LogP contribution < -0.4 is 5.32 Å². The number of hydrogen-bond acceptors (Lipinski definition) is 3. The summed E-state index contributed by atoms with van der Waals surface area (Å²) in [6.45, 7) is 3.25. The minimum Gasteiger partial charge on any atom is -0.337 e. The average molecular weight is 261 g/mol. The van der Waals surface area contributed by atoms with E-state index in [1.54, 1.807) is 0 Å². The Morgan fingerprint density at radius 2 is 2.00 bits per heavy atom. The summed E-state index contributed by atoms with van der Waals surface area (Å²) in [5, 5.41) is 3.12. The van der Waals surface area contributed by atoms with Crippen molar-refractivity contribution in [3.8, 4) is 0 Å². The van der Waals surface area contributed by atoms with Crippen LogP contribution in [0.25, 0.3) is 0 Å².